The standard InChI is InChI=1S/C23H22N2O3S/c1-18-23(26)24(16-17-25(18)29(27,28)20-12-6-3-7-13-20)22-15-9-8-14-21(22)19-10-4-2-5-11-19/h2-15,18H,16-17H2,1H3/t18-/m0/s1. The first kappa shape index (κ1) is 19.4. The van der Waals surface area contributed by atoms with Gasteiger partial charge in [0, 0.05) is 18.7 Å². The van der Waals surface area contributed by atoms with Crippen molar-refractivity contribution in [3.63, 3.8) is 0 Å². The van der Waals surface area contributed by atoms with Crippen LogP contribution in [0.1, 0.15) is 6.92 Å². The van der Waals surface area contributed by atoms with Crippen molar-refractivity contribution in [3.8, 4) is 11.1 Å². The lowest BCUT2D eigenvalue weighted by atomic mass is 10.0. The topological polar surface area (TPSA) is 57.7 Å². The van der Waals surface area contributed by atoms with E-state index in [1.165, 1.54) is 4.31 Å². The van der Waals surface area contributed by atoms with Crippen molar-refractivity contribution in [2.75, 3.05) is 18.0 Å². The second kappa shape index (κ2) is 7.81. The van der Waals surface area contributed by atoms with Crippen LogP contribution in [0.25, 0.3) is 11.1 Å². The molecule has 0 saturated carbocycles. The molecule has 3 aromatic carbocycles. The van der Waals surface area contributed by atoms with Gasteiger partial charge in [-0.25, -0.2) is 8.42 Å². The lowest BCUT2D eigenvalue weighted by Gasteiger charge is -2.38. The average Bonchev–Trinajstić information content (AvgIpc) is 2.77. The number of carbonyl (C=O) groups excluding carboxylic acids is 1. The number of hydrogen-bond acceptors (Lipinski definition) is 3. The van der Waals surface area contributed by atoms with E-state index in [0.29, 0.717) is 6.54 Å². The van der Waals surface area contributed by atoms with Crippen LogP contribution in [0, 0.1) is 0 Å². The van der Waals surface area contributed by atoms with E-state index in [2.05, 4.69) is 0 Å². The van der Waals surface area contributed by atoms with Crippen LogP contribution in [0.2, 0.25) is 0 Å². The van der Waals surface area contributed by atoms with Crippen LogP contribution >= 0.6 is 0 Å². The Morgan fingerprint density at radius 2 is 1.38 bits per heavy atom. The lowest BCUT2D eigenvalue weighted by molar-refractivity contribution is -0.123. The van der Waals surface area contributed by atoms with E-state index in [0.717, 1.165) is 16.8 Å². The number of benzene rings is 3. The molecule has 0 aromatic heterocycles. The van der Waals surface area contributed by atoms with Crippen LogP contribution in [0.4, 0.5) is 5.69 Å². The Morgan fingerprint density at radius 1 is 0.793 bits per heavy atom. The van der Waals surface area contributed by atoms with Gasteiger partial charge < -0.3 is 4.90 Å². The van der Waals surface area contributed by atoms with Crippen LogP contribution in [-0.2, 0) is 14.8 Å². The van der Waals surface area contributed by atoms with Crippen LogP contribution < -0.4 is 4.90 Å². The predicted octanol–water partition coefficient (Wildman–Crippen LogP) is 3.78. The molecule has 1 aliphatic rings. The van der Waals surface area contributed by atoms with Gasteiger partial charge in [-0.1, -0.05) is 66.7 Å². The number of rotatable bonds is 4. The Bertz CT molecular complexity index is 1120. The maximum atomic E-state index is 13.2. The minimum absolute atomic E-state index is 0.206. The van der Waals surface area contributed by atoms with Gasteiger partial charge in [-0.2, -0.15) is 4.31 Å². The van der Waals surface area contributed by atoms with Crippen molar-refractivity contribution < 1.29 is 13.2 Å². The Hall–Kier alpha value is -2.96. The van der Waals surface area contributed by atoms with Gasteiger partial charge in [0.05, 0.1) is 10.6 Å². The monoisotopic (exact) mass is 406 g/mol. The van der Waals surface area contributed by atoms with E-state index in [1.807, 2.05) is 54.6 Å². The van der Waals surface area contributed by atoms with Gasteiger partial charge in [0.2, 0.25) is 15.9 Å². The molecule has 29 heavy (non-hydrogen) atoms. The zero-order valence-electron chi connectivity index (χ0n) is 16.1. The van der Waals surface area contributed by atoms with Crippen LogP contribution in [0.3, 0.4) is 0 Å². The highest BCUT2D eigenvalue weighted by molar-refractivity contribution is 7.89. The number of nitrogens with zero attached hydrogens (tertiary/aromatic N) is 2. The van der Waals surface area contributed by atoms with Gasteiger partial charge in [0.15, 0.2) is 0 Å². The molecule has 1 saturated heterocycles. The molecule has 1 heterocycles. The highest BCUT2D eigenvalue weighted by Gasteiger charge is 2.39. The number of anilines is 1. The number of amides is 1. The number of carbonyl (C=O) groups is 1. The van der Waals surface area contributed by atoms with Gasteiger partial charge in [-0.3, -0.25) is 4.79 Å². The maximum absolute atomic E-state index is 13.2. The highest BCUT2D eigenvalue weighted by Crippen LogP contribution is 2.33. The maximum Gasteiger partial charge on any atom is 0.245 e. The molecule has 4 rings (SSSR count). The van der Waals surface area contributed by atoms with E-state index in [-0.39, 0.29) is 17.3 Å². The lowest BCUT2D eigenvalue weighted by Crippen LogP contribution is -2.57. The molecule has 0 N–H and O–H groups in total. The number of sulfonamides is 1. The Morgan fingerprint density at radius 3 is 2.07 bits per heavy atom. The normalized spacial score (nSPS) is 18.0. The van der Waals surface area contributed by atoms with Gasteiger partial charge in [0.25, 0.3) is 0 Å². The fraction of sp³-hybridized carbons (Fsp3) is 0.174. The molecule has 0 unspecified atom stereocenters. The predicted molar refractivity (Wildman–Crippen MR) is 114 cm³/mol. The Kier molecular flexibility index (Phi) is 5.22. The summed E-state index contributed by atoms with van der Waals surface area (Å²) >= 11 is 0. The third kappa shape index (κ3) is 3.57. The molecule has 0 aliphatic carbocycles. The third-order valence-corrected chi connectivity index (χ3v) is 7.21. The summed E-state index contributed by atoms with van der Waals surface area (Å²) in [5.74, 6) is -0.223. The molecule has 5 nitrogen and oxygen atoms in total. The summed E-state index contributed by atoms with van der Waals surface area (Å²) in [4.78, 5) is 15.1. The summed E-state index contributed by atoms with van der Waals surface area (Å²) in [6, 6.07) is 25.1. The zero-order chi connectivity index (χ0) is 20.4. The summed E-state index contributed by atoms with van der Waals surface area (Å²) in [6.45, 7) is 2.20. The van der Waals surface area contributed by atoms with Crippen molar-refractivity contribution in [1.82, 2.24) is 4.31 Å². The molecular formula is C23H22N2O3S. The van der Waals surface area contributed by atoms with Crippen molar-refractivity contribution in [2.24, 2.45) is 0 Å². The van der Waals surface area contributed by atoms with E-state index in [4.69, 9.17) is 0 Å². The summed E-state index contributed by atoms with van der Waals surface area (Å²) in [6.07, 6.45) is 0. The minimum Gasteiger partial charge on any atom is -0.309 e. The van der Waals surface area contributed by atoms with Crippen molar-refractivity contribution in [1.29, 1.82) is 0 Å². The van der Waals surface area contributed by atoms with Crippen LogP contribution in [-0.4, -0.2) is 37.8 Å². The summed E-state index contributed by atoms with van der Waals surface area (Å²) < 4.78 is 27.4. The fourth-order valence-electron chi connectivity index (χ4n) is 3.72. The summed E-state index contributed by atoms with van der Waals surface area (Å²) in [5.41, 5.74) is 2.77. The van der Waals surface area contributed by atoms with Crippen LogP contribution in [0.15, 0.2) is 89.8 Å². The Labute approximate surface area is 171 Å². The van der Waals surface area contributed by atoms with Gasteiger partial charge in [-0.05, 0) is 30.7 Å². The highest BCUT2D eigenvalue weighted by atomic mass is 32.2. The quantitative estimate of drug-likeness (QED) is 0.663. The fourth-order valence-corrected chi connectivity index (χ4v) is 5.32. The second-order valence-electron chi connectivity index (χ2n) is 6.98. The van der Waals surface area contributed by atoms with E-state index in [9.17, 15) is 13.2 Å². The first-order chi connectivity index (χ1) is 14.0. The molecule has 1 amide bonds. The average molecular weight is 407 g/mol. The van der Waals surface area contributed by atoms with Crippen molar-refractivity contribution in [3.05, 3.63) is 84.9 Å². The summed E-state index contributed by atoms with van der Waals surface area (Å²) in [5, 5.41) is 0. The SMILES string of the molecule is C[C@H]1C(=O)N(c2ccccc2-c2ccccc2)CCN1S(=O)(=O)c1ccccc1. The number of piperazine rings is 1. The molecule has 0 spiro atoms. The largest absolute Gasteiger partial charge is 0.309 e. The van der Waals surface area contributed by atoms with Crippen molar-refractivity contribution >= 4 is 21.6 Å². The molecule has 3 aromatic rings. The molecule has 6 heteroatoms. The van der Waals surface area contributed by atoms with E-state index >= 15 is 0 Å². The first-order valence-corrected chi connectivity index (χ1v) is 11.0. The van der Waals surface area contributed by atoms with E-state index in [1.54, 1.807) is 42.2 Å². The minimum atomic E-state index is -3.73. The molecular weight excluding hydrogens is 384 g/mol. The summed E-state index contributed by atoms with van der Waals surface area (Å²) in [7, 11) is -3.73. The third-order valence-electron chi connectivity index (χ3n) is 5.23. The molecule has 1 aliphatic heterocycles. The first-order valence-electron chi connectivity index (χ1n) is 9.53. The van der Waals surface area contributed by atoms with Crippen LogP contribution in [0.5, 0.6) is 0 Å². The zero-order valence-corrected chi connectivity index (χ0v) is 16.9. The molecule has 1 fully saturated rings. The molecule has 0 bridgehead atoms. The Balaban J connectivity index is 1.66. The van der Waals surface area contributed by atoms with Gasteiger partial charge in [-0.15, -0.1) is 0 Å². The molecule has 0 radical (unpaired) electrons. The second-order valence-corrected chi connectivity index (χ2v) is 8.87. The smallest absolute Gasteiger partial charge is 0.245 e. The van der Waals surface area contributed by atoms with Gasteiger partial charge >= 0.3 is 0 Å². The van der Waals surface area contributed by atoms with Crippen molar-refractivity contribution in [2.45, 2.75) is 17.9 Å². The van der Waals surface area contributed by atoms with E-state index < -0.39 is 16.1 Å². The number of para-hydroxylation sites is 1. The molecule has 1 atom stereocenters. The number of hydrogen-bond donors (Lipinski definition) is 0. The van der Waals surface area contributed by atoms with Gasteiger partial charge in [0.1, 0.15) is 6.04 Å². The molecule has 148 valence electrons.